The number of nitrogens with zero attached hydrogens (tertiary/aromatic N) is 1. The Kier molecular flexibility index (Phi) is 4.28. The van der Waals surface area contributed by atoms with Crippen molar-refractivity contribution < 1.29 is 23.9 Å². The van der Waals surface area contributed by atoms with Crippen molar-refractivity contribution >= 4 is 18.0 Å². The largest absolute Gasteiger partial charge is 0.464 e. The van der Waals surface area contributed by atoms with Gasteiger partial charge < -0.3 is 9.47 Å². The van der Waals surface area contributed by atoms with E-state index in [9.17, 15) is 14.4 Å². The number of carbonyl (C=O) groups is 3. The molecule has 0 unspecified atom stereocenters. The molecule has 1 rings (SSSR count). The minimum atomic E-state index is -0.767. The van der Waals surface area contributed by atoms with E-state index in [1.54, 1.807) is 6.92 Å². The third-order valence-electron chi connectivity index (χ3n) is 2.23. The maximum absolute atomic E-state index is 11.6. The molecule has 1 amide bonds. The summed E-state index contributed by atoms with van der Waals surface area (Å²) in [5.41, 5.74) is 0. The second-order valence-corrected chi connectivity index (χ2v) is 3.42. The Hall–Kier alpha value is -1.59. The van der Waals surface area contributed by atoms with Crippen LogP contribution < -0.4 is 0 Å². The van der Waals surface area contributed by atoms with Gasteiger partial charge in [0.25, 0.3) is 0 Å². The molecule has 0 aromatic carbocycles. The Morgan fingerprint density at radius 1 is 1.50 bits per heavy atom. The zero-order valence-electron chi connectivity index (χ0n) is 9.39. The maximum atomic E-state index is 11.6. The van der Waals surface area contributed by atoms with Crippen LogP contribution in [-0.4, -0.2) is 42.1 Å². The van der Waals surface area contributed by atoms with E-state index in [4.69, 9.17) is 4.74 Å². The molecule has 0 bridgehead atoms. The summed E-state index contributed by atoms with van der Waals surface area (Å²) in [5.74, 6) is -1.12. The van der Waals surface area contributed by atoms with Crippen molar-refractivity contribution in [1.29, 1.82) is 0 Å². The number of hydrogen-bond donors (Lipinski definition) is 0. The lowest BCUT2D eigenvalue weighted by atomic mass is 10.1. The van der Waals surface area contributed by atoms with Gasteiger partial charge in [-0.25, -0.2) is 14.4 Å². The molecule has 1 saturated heterocycles. The molecule has 1 heterocycles. The van der Waals surface area contributed by atoms with Gasteiger partial charge in [0, 0.05) is 0 Å². The fourth-order valence-electron chi connectivity index (χ4n) is 1.54. The molecule has 1 atom stereocenters. The van der Waals surface area contributed by atoms with Crippen LogP contribution >= 0.6 is 0 Å². The molecular weight excluding hydrogens is 214 g/mol. The molecule has 0 aromatic heterocycles. The van der Waals surface area contributed by atoms with E-state index in [2.05, 4.69) is 4.74 Å². The molecule has 0 aromatic rings. The Morgan fingerprint density at radius 3 is 2.62 bits per heavy atom. The van der Waals surface area contributed by atoms with Crippen molar-refractivity contribution in [3.8, 4) is 0 Å². The van der Waals surface area contributed by atoms with Crippen LogP contribution in [0.5, 0.6) is 0 Å². The van der Waals surface area contributed by atoms with Gasteiger partial charge in [-0.15, -0.1) is 0 Å². The quantitative estimate of drug-likeness (QED) is 0.512. The smallest absolute Gasteiger partial charge is 0.418 e. The molecule has 0 radical (unpaired) electrons. The van der Waals surface area contributed by atoms with Gasteiger partial charge in [-0.3, -0.25) is 4.90 Å². The van der Waals surface area contributed by atoms with Crippen LogP contribution in [0.2, 0.25) is 0 Å². The minimum Gasteiger partial charge on any atom is -0.464 e. The van der Waals surface area contributed by atoms with Crippen molar-refractivity contribution in [2.24, 2.45) is 0 Å². The molecule has 6 heteroatoms. The first-order valence-corrected chi connectivity index (χ1v) is 5.28. The summed E-state index contributed by atoms with van der Waals surface area (Å²) in [5, 5.41) is 0. The van der Waals surface area contributed by atoms with Crippen LogP contribution in [0.3, 0.4) is 0 Å². The topological polar surface area (TPSA) is 72.9 Å². The highest BCUT2D eigenvalue weighted by Crippen LogP contribution is 2.15. The molecule has 0 N–H and O–H groups in total. The average Bonchev–Trinajstić information content (AvgIpc) is 2.54. The summed E-state index contributed by atoms with van der Waals surface area (Å²) in [6, 6.07) is -0.719. The first-order chi connectivity index (χ1) is 7.60. The van der Waals surface area contributed by atoms with Crippen LogP contribution in [0.25, 0.3) is 0 Å². The van der Waals surface area contributed by atoms with Crippen molar-refractivity contribution in [1.82, 2.24) is 4.90 Å². The molecule has 6 nitrogen and oxygen atoms in total. The average molecular weight is 229 g/mol. The molecular formula is C10H15NO5. The van der Waals surface area contributed by atoms with Gasteiger partial charge in [-0.1, -0.05) is 13.3 Å². The molecule has 90 valence electrons. The van der Waals surface area contributed by atoms with E-state index in [0.29, 0.717) is 12.8 Å². The highest BCUT2D eigenvalue weighted by molar-refractivity contribution is 5.95. The monoisotopic (exact) mass is 229 g/mol. The predicted octanol–water partition coefficient (Wildman–Crippen LogP) is 0.697. The van der Waals surface area contributed by atoms with Crippen LogP contribution in [0.1, 0.15) is 26.7 Å². The molecule has 0 spiro atoms. The van der Waals surface area contributed by atoms with E-state index in [1.165, 1.54) is 0 Å². The number of amides is 1. The van der Waals surface area contributed by atoms with Crippen LogP contribution in [-0.2, 0) is 19.1 Å². The molecule has 0 saturated carbocycles. The van der Waals surface area contributed by atoms with Crippen molar-refractivity contribution in [2.75, 3.05) is 13.2 Å². The number of ether oxygens (including phenoxy) is 2. The predicted molar refractivity (Wildman–Crippen MR) is 53.5 cm³/mol. The normalized spacial score (nSPS) is 17.2. The van der Waals surface area contributed by atoms with E-state index < -0.39 is 24.1 Å². The van der Waals surface area contributed by atoms with Gasteiger partial charge in [-0.05, 0) is 13.3 Å². The van der Waals surface area contributed by atoms with E-state index in [1.807, 2.05) is 6.92 Å². The standard InChI is InChI=1S/C10H15NO5/c1-3-5-7(9(13)15-4-2)11-6-8(12)16-10(11)14/h7H,3-6H2,1-2H3/t7-/m0/s1. The fourth-order valence-corrected chi connectivity index (χ4v) is 1.54. The van der Waals surface area contributed by atoms with Crippen LogP contribution in [0, 0.1) is 0 Å². The van der Waals surface area contributed by atoms with E-state index in [0.717, 1.165) is 4.90 Å². The lowest BCUT2D eigenvalue weighted by Gasteiger charge is -2.22. The van der Waals surface area contributed by atoms with Gasteiger partial charge in [0.1, 0.15) is 12.6 Å². The molecule has 1 aliphatic rings. The van der Waals surface area contributed by atoms with Crippen LogP contribution in [0.15, 0.2) is 0 Å². The summed E-state index contributed by atoms with van der Waals surface area (Å²) in [4.78, 5) is 34.9. The molecule has 1 fully saturated rings. The minimum absolute atomic E-state index is 0.178. The van der Waals surface area contributed by atoms with E-state index >= 15 is 0 Å². The number of carbonyl (C=O) groups excluding carboxylic acids is 3. The molecule has 1 aliphatic heterocycles. The Balaban J connectivity index is 2.73. The summed E-state index contributed by atoms with van der Waals surface area (Å²) >= 11 is 0. The van der Waals surface area contributed by atoms with Gasteiger partial charge in [0.15, 0.2) is 0 Å². The SMILES string of the molecule is CCC[C@@H](C(=O)OCC)N1CC(=O)OC1=O. The fraction of sp³-hybridized carbons (Fsp3) is 0.700. The van der Waals surface area contributed by atoms with Crippen molar-refractivity contribution in [3.63, 3.8) is 0 Å². The van der Waals surface area contributed by atoms with Crippen LogP contribution in [0.4, 0.5) is 4.79 Å². The Bertz CT molecular complexity index is 302. The zero-order valence-corrected chi connectivity index (χ0v) is 9.39. The summed E-state index contributed by atoms with van der Waals surface area (Å²) in [6.07, 6.45) is 0.402. The van der Waals surface area contributed by atoms with Gasteiger partial charge in [0.05, 0.1) is 6.61 Å². The van der Waals surface area contributed by atoms with Gasteiger partial charge >= 0.3 is 18.0 Å². The highest BCUT2D eigenvalue weighted by Gasteiger charge is 2.38. The Morgan fingerprint density at radius 2 is 2.19 bits per heavy atom. The maximum Gasteiger partial charge on any atom is 0.418 e. The number of esters is 2. The van der Waals surface area contributed by atoms with Gasteiger partial charge in [-0.2, -0.15) is 0 Å². The summed E-state index contributed by atoms with van der Waals surface area (Å²) < 4.78 is 9.22. The Labute approximate surface area is 93.5 Å². The van der Waals surface area contributed by atoms with E-state index in [-0.39, 0.29) is 13.2 Å². The molecule has 16 heavy (non-hydrogen) atoms. The van der Waals surface area contributed by atoms with Crippen molar-refractivity contribution in [3.05, 3.63) is 0 Å². The first-order valence-electron chi connectivity index (χ1n) is 5.28. The lowest BCUT2D eigenvalue weighted by molar-refractivity contribution is -0.148. The second kappa shape index (κ2) is 5.48. The zero-order chi connectivity index (χ0) is 12.1. The van der Waals surface area contributed by atoms with Crippen molar-refractivity contribution in [2.45, 2.75) is 32.7 Å². The van der Waals surface area contributed by atoms with Gasteiger partial charge in [0.2, 0.25) is 0 Å². The first kappa shape index (κ1) is 12.5. The summed E-state index contributed by atoms with van der Waals surface area (Å²) in [6.45, 7) is 3.64. The third kappa shape index (κ3) is 2.71. The highest BCUT2D eigenvalue weighted by atomic mass is 16.6. The third-order valence-corrected chi connectivity index (χ3v) is 2.23. The lowest BCUT2D eigenvalue weighted by Crippen LogP contribution is -2.42. The number of hydrogen-bond acceptors (Lipinski definition) is 5. The number of cyclic esters (lactones) is 2. The summed E-state index contributed by atoms with van der Waals surface area (Å²) in [7, 11) is 0. The molecule has 0 aliphatic carbocycles. The number of rotatable bonds is 5. The second-order valence-electron chi connectivity index (χ2n) is 3.42.